The molecule has 1 aliphatic rings. The summed E-state index contributed by atoms with van der Waals surface area (Å²) in [6.45, 7) is 0.135. The molecule has 3 atom stereocenters. The molecule has 1 aliphatic heterocycles. The van der Waals surface area contributed by atoms with Crippen molar-refractivity contribution in [3.63, 3.8) is 0 Å². The fraction of sp³-hybridized carbons (Fsp3) is 0.357. The molecule has 3 aromatic rings. The normalized spacial score (nSPS) is 19.6. The molecule has 0 spiro atoms. The van der Waals surface area contributed by atoms with Gasteiger partial charge in [0.05, 0.1) is 17.2 Å². The molecule has 4 nitrogen and oxygen atoms in total. The Bertz CT molecular complexity index is 1280. The standard InChI is InChI=1S/C28H23F9N2O2/c29-26(30,31)20-6-1-17(2-7-20)22-13-16(14-24(40)41)11-12-39(22)25(18-3-8-21(9-4-18)27(32,33)34)19-5-10-23(38-15-19)28(35,36)37/h1-10,15-16,22,25H,11-14H2,(H,40,41)/p-1/t16-,22+,25-/m1/s1. The number of rotatable bonds is 6. The van der Waals surface area contributed by atoms with Gasteiger partial charge in [0.15, 0.2) is 0 Å². The zero-order valence-corrected chi connectivity index (χ0v) is 21.0. The summed E-state index contributed by atoms with van der Waals surface area (Å²) < 4.78 is 119. The number of carboxylic acid groups (broad SMARTS) is 1. The van der Waals surface area contributed by atoms with E-state index in [1.54, 1.807) is 4.90 Å². The largest absolute Gasteiger partial charge is 0.550 e. The van der Waals surface area contributed by atoms with Crippen molar-refractivity contribution in [3.8, 4) is 0 Å². The van der Waals surface area contributed by atoms with Crippen LogP contribution in [0.25, 0.3) is 0 Å². The first-order valence-electron chi connectivity index (χ1n) is 12.4. The van der Waals surface area contributed by atoms with Gasteiger partial charge >= 0.3 is 18.5 Å². The van der Waals surface area contributed by atoms with E-state index >= 15 is 0 Å². The van der Waals surface area contributed by atoms with Crippen LogP contribution in [0.5, 0.6) is 0 Å². The summed E-state index contributed by atoms with van der Waals surface area (Å²) >= 11 is 0. The molecule has 4 rings (SSSR count). The van der Waals surface area contributed by atoms with Crippen molar-refractivity contribution in [3.05, 3.63) is 100 Å². The minimum atomic E-state index is -4.74. The zero-order chi connectivity index (χ0) is 30.2. The number of aliphatic carboxylic acids is 1. The van der Waals surface area contributed by atoms with E-state index in [-0.39, 0.29) is 36.9 Å². The van der Waals surface area contributed by atoms with Crippen LogP contribution in [0.4, 0.5) is 39.5 Å². The highest BCUT2D eigenvalue weighted by atomic mass is 19.4. The van der Waals surface area contributed by atoms with Crippen LogP contribution in [0.2, 0.25) is 0 Å². The highest BCUT2D eigenvalue weighted by molar-refractivity contribution is 5.64. The van der Waals surface area contributed by atoms with Crippen LogP contribution >= 0.6 is 0 Å². The maximum absolute atomic E-state index is 13.2. The van der Waals surface area contributed by atoms with Crippen molar-refractivity contribution in [2.24, 2.45) is 5.92 Å². The van der Waals surface area contributed by atoms with E-state index < -0.39 is 59.3 Å². The van der Waals surface area contributed by atoms with E-state index in [2.05, 4.69) is 4.98 Å². The molecule has 0 amide bonds. The maximum Gasteiger partial charge on any atom is 0.433 e. The SMILES string of the molecule is O=C([O-])C[C@@H]1CCN([C@H](c2ccc(C(F)(F)F)cc2)c2ccc(C(F)(F)F)nc2)[C@H](c2ccc(C(F)(F)F)cc2)C1. The molecule has 2 aromatic carbocycles. The number of alkyl halides is 9. The lowest BCUT2D eigenvalue weighted by molar-refractivity contribution is -0.307. The van der Waals surface area contributed by atoms with Gasteiger partial charge in [0.1, 0.15) is 5.69 Å². The third kappa shape index (κ3) is 7.19. The number of aromatic nitrogens is 1. The monoisotopic (exact) mass is 589 g/mol. The predicted octanol–water partition coefficient (Wildman–Crippen LogP) is 6.82. The van der Waals surface area contributed by atoms with Crippen LogP contribution in [0.1, 0.15) is 64.9 Å². The third-order valence-corrected chi connectivity index (χ3v) is 7.11. The van der Waals surface area contributed by atoms with E-state index in [1.807, 2.05) is 0 Å². The number of hydrogen-bond donors (Lipinski definition) is 0. The second-order valence-electron chi connectivity index (χ2n) is 9.84. The number of hydrogen-bond acceptors (Lipinski definition) is 4. The molecule has 0 N–H and O–H groups in total. The summed E-state index contributed by atoms with van der Waals surface area (Å²) in [6, 6.07) is 8.42. The number of carbonyl (C=O) groups is 1. The van der Waals surface area contributed by atoms with Gasteiger partial charge in [-0.1, -0.05) is 30.3 Å². The van der Waals surface area contributed by atoms with E-state index in [0.717, 1.165) is 42.6 Å². The summed E-state index contributed by atoms with van der Waals surface area (Å²) in [6.07, 6.45) is -12.9. The molecule has 0 saturated carbocycles. The van der Waals surface area contributed by atoms with Crippen molar-refractivity contribution < 1.29 is 49.4 Å². The summed E-state index contributed by atoms with van der Waals surface area (Å²) in [5.41, 5.74) is -2.20. The topological polar surface area (TPSA) is 56.3 Å². The molecule has 0 aliphatic carbocycles. The Morgan fingerprint density at radius 1 is 0.805 bits per heavy atom. The van der Waals surface area contributed by atoms with Crippen LogP contribution in [0.3, 0.4) is 0 Å². The van der Waals surface area contributed by atoms with Gasteiger partial charge in [-0.3, -0.25) is 9.88 Å². The second kappa shape index (κ2) is 11.3. The van der Waals surface area contributed by atoms with Crippen LogP contribution in [-0.2, 0) is 23.3 Å². The number of nitrogens with zero attached hydrogens (tertiary/aromatic N) is 2. The van der Waals surface area contributed by atoms with Gasteiger partial charge in [0.2, 0.25) is 0 Å². The lowest BCUT2D eigenvalue weighted by Gasteiger charge is -2.45. The molecule has 0 radical (unpaired) electrons. The molecule has 1 aromatic heterocycles. The number of halogens is 9. The van der Waals surface area contributed by atoms with Gasteiger partial charge in [-0.15, -0.1) is 0 Å². The highest BCUT2D eigenvalue weighted by Crippen LogP contribution is 2.44. The fourth-order valence-corrected chi connectivity index (χ4v) is 5.17. The van der Waals surface area contributed by atoms with Crippen molar-refractivity contribution in [2.45, 2.75) is 49.9 Å². The Hall–Kier alpha value is -3.61. The Labute approximate surface area is 228 Å². The van der Waals surface area contributed by atoms with E-state index in [9.17, 15) is 49.4 Å². The average molecular weight is 589 g/mol. The summed E-state index contributed by atoms with van der Waals surface area (Å²) in [4.78, 5) is 16.5. The van der Waals surface area contributed by atoms with Gasteiger partial charge in [0.25, 0.3) is 0 Å². The number of piperidine rings is 1. The van der Waals surface area contributed by atoms with Crippen LogP contribution in [0.15, 0.2) is 66.9 Å². The molecule has 0 bridgehead atoms. The zero-order valence-electron chi connectivity index (χ0n) is 21.0. The first-order chi connectivity index (χ1) is 19.0. The predicted molar refractivity (Wildman–Crippen MR) is 126 cm³/mol. The number of likely N-dealkylation sites (tertiary alicyclic amines) is 1. The molecule has 13 heteroatoms. The number of carboxylic acids is 1. The van der Waals surface area contributed by atoms with E-state index in [1.165, 1.54) is 24.3 Å². The summed E-state index contributed by atoms with van der Waals surface area (Å²) in [5.74, 6) is -1.75. The number of pyridine rings is 1. The number of carbonyl (C=O) groups excluding carboxylic acids is 1. The minimum Gasteiger partial charge on any atom is -0.550 e. The quantitative estimate of drug-likeness (QED) is 0.296. The molecule has 220 valence electrons. The van der Waals surface area contributed by atoms with Crippen molar-refractivity contribution in [1.82, 2.24) is 9.88 Å². The second-order valence-corrected chi connectivity index (χ2v) is 9.84. The molecular formula is C28H22F9N2O2-. The number of benzene rings is 2. The van der Waals surface area contributed by atoms with Gasteiger partial charge in [-0.25, -0.2) is 0 Å². The third-order valence-electron chi connectivity index (χ3n) is 7.11. The Morgan fingerprint density at radius 2 is 1.34 bits per heavy atom. The Balaban J connectivity index is 1.81. The van der Waals surface area contributed by atoms with Crippen LogP contribution < -0.4 is 5.11 Å². The first kappa shape index (κ1) is 30.4. The van der Waals surface area contributed by atoms with E-state index in [4.69, 9.17) is 0 Å². The molecular weight excluding hydrogens is 567 g/mol. The van der Waals surface area contributed by atoms with Gasteiger partial charge < -0.3 is 9.90 Å². The average Bonchev–Trinajstić information content (AvgIpc) is 2.88. The summed E-state index contributed by atoms with van der Waals surface area (Å²) in [7, 11) is 0. The first-order valence-corrected chi connectivity index (χ1v) is 12.4. The van der Waals surface area contributed by atoms with Gasteiger partial charge in [-0.05, 0) is 78.7 Å². The molecule has 41 heavy (non-hydrogen) atoms. The van der Waals surface area contributed by atoms with Gasteiger partial charge in [0, 0.05) is 18.2 Å². The van der Waals surface area contributed by atoms with Crippen LogP contribution in [0, 0.1) is 5.92 Å². The highest BCUT2D eigenvalue weighted by Gasteiger charge is 2.38. The molecule has 0 unspecified atom stereocenters. The molecule has 2 heterocycles. The van der Waals surface area contributed by atoms with Crippen molar-refractivity contribution >= 4 is 5.97 Å². The lowest BCUT2D eigenvalue weighted by Crippen LogP contribution is -2.41. The molecule has 1 saturated heterocycles. The Kier molecular flexibility index (Phi) is 8.40. The maximum atomic E-state index is 13.2. The lowest BCUT2D eigenvalue weighted by atomic mass is 9.82. The van der Waals surface area contributed by atoms with Crippen molar-refractivity contribution in [1.29, 1.82) is 0 Å². The van der Waals surface area contributed by atoms with Crippen molar-refractivity contribution in [2.75, 3.05) is 6.54 Å². The van der Waals surface area contributed by atoms with Gasteiger partial charge in [-0.2, -0.15) is 39.5 Å². The van der Waals surface area contributed by atoms with E-state index in [0.29, 0.717) is 5.56 Å². The van der Waals surface area contributed by atoms with Crippen LogP contribution in [-0.4, -0.2) is 22.4 Å². The Morgan fingerprint density at radius 3 is 1.80 bits per heavy atom. The molecule has 1 fully saturated rings. The minimum absolute atomic E-state index is 0.135. The summed E-state index contributed by atoms with van der Waals surface area (Å²) in [5, 5.41) is 11.3. The smallest absolute Gasteiger partial charge is 0.433 e. The fourth-order valence-electron chi connectivity index (χ4n) is 5.17.